The lowest BCUT2D eigenvalue weighted by molar-refractivity contribution is 0.102. The van der Waals surface area contributed by atoms with Gasteiger partial charge in [0.05, 0.1) is 0 Å². The van der Waals surface area contributed by atoms with Gasteiger partial charge in [-0.15, -0.1) is 0 Å². The second kappa shape index (κ2) is 5.64. The Balaban J connectivity index is 2.24. The van der Waals surface area contributed by atoms with E-state index >= 15 is 0 Å². The molecule has 1 aromatic heterocycles. The fourth-order valence-corrected chi connectivity index (χ4v) is 2.02. The fraction of sp³-hybridized carbons (Fsp3) is 0.0769. The van der Waals surface area contributed by atoms with Gasteiger partial charge in [-0.2, -0.15) is 0 Å². The van der Waals surface area contributed by atoms with Crippen LogP contribution in [-0.2, 0) is 5.33 Å². The molecule has 2 N–H and O–H groups in total. The van der Waals surface area contributed by atoms with Crippen LogP contribution in [0.3, 0.4) is 0 Å². The molecular formula is C13H11BrN2O2. The van der Waals surface area contributed by atoms with E-state index in [4.69, 9.17) is 0 Å². The molecule has 1 amide bonds. The molecule has 1 aromatic carbocycles. The van der Waals surface area contributed by atoms with Crippen LogP contribution >= 0.6 is 15.9 Å². The van der Waals surface area contributed by atoms with Crippen molar-refractivity contribution < 1.29 is 4.79 Å². The third kappa shape index (κ3) is 2.87. The van der Waals surface area contributed by atoms with Gasteiger partial charge in [0.25, 0.3) is 5.91 Å². The van der Waals surface area contributed by atoms with Gasteiger partial charge in [-0.05, 0) is 17.7 Å². The maximum absolute atomic E-state index is 11.9. The van der Waals surface area contributed by atoms with E-state index in [1.807, 2.05) is 24.3 Å². The van der Waals surface area contributed by atoms with Crippen LogP contribution in [0.1, 0.15) is 16.1 Å². The first-order valence-corrected chi connectivity index (χ1v) is 6.47. The van der Waals surface area contributed by atoms with Crippen LogP contribution in [0.15, 0.2) is 47.3 Å². The normalized spacial score (nSPS) is 10.1. The van der Waals surface area contributed by atoms with Crippen molar-refractivity contribution in [1.82, 2.24) is 4.98 Å². The highest BCUT2D eigenvalue weighted by molar-refractivity contribution is 9.08. The number of aromatic nitrogens is 1. The molecule has 5 heteroatoms. The van der Waals surface area contributed by atoms with E-state index in [9.17, 15) is 9.59 Å². The van der Waals surface area contributed by atoms with Crippen LogP contribution in [0.25, 0.3) is 0 Å². The van der Waals surface area contributed by atoms with E-state index in [-0.39, 0.29) is 17.2 Å². The van der Waals surface area contributed by atoms with E-state index in [2.05, 4.69) is 26.2 Å². The average Bonchev–Trinajstić information content (AvgIpc) is 2.39. The van der Waals surface area contributed by atoms with Gasteiger partial charge in [0, 0.05) is 17.1 Å². The van der Waals surface area contributed by atoms with Crippen LogP contribution in [-0.4, -0.2) is 10.9 Å². The molecular weight excluding hydrogens is 296 g/mol. The molecule has 1 heterocycles. The summed E-state index contributed by atoms with van der Waals surface area (Å²) in [5, 5.41) is 3.41. The molecule has 0 spiro atoms. The fourth-order valence-electron chi connectivity index (χ4n) is 1.53. The summed E-state index contributed by atoms with van der Waals surface area (Å²) in [6.07, 6.45) is 0. The van der Waals surface area contributed by atoms with Crippen LogP contribution in [0.5, 0.6) is 0 Å². The zero-order valence-electron chi connectivity index (χ0n) is 9.44. The molecule has 0 saturated carbocycles. The number of anilines is 1. The summed E-state index contributed by atoms with van der Waals surface area (Å²) in [7, 11) is 0. The maximum Gasteiger partial charge on any atom is 0.272 e. The Morgan fingerprint density at radius 2 is 1.94 bits per heavy atom. The van der Waals surface area contributed by atoms with Crippen molar-refractivity contribution in [3.05, 3.63) is 64.1 Å². The summed E-state index contributed by atoms with van der Waals surface area (Å²) in [6.45, 7) is 0. The number of alkyl halides is 1. The van der Waals surface area contributed by atoms with Gasteiger partial charge in [0.15, 0.2) is 0 Å². The molecule has 18 heavy (non-hydrogen) atoms. The number of para-hydroxylation sites is 1. The van der Waals surface area contributed by atoms with Crippen LogP contribution < -0.4 is 10.9 Å². The van der Waals surface area contributed by atoms with E-state index in [0.29, 0.717) is 5.33 Å². The number of rotatable bonds is 3. The van der Waals surface area contributed by atoms with Crippen molar-refractivity contribution in [3.8, 4) is 0 Å². The number of hydrogen-bond donors (Lipinski definition) is 2. The zero-order chi connectivity index (χ0) is 13.0. The summed E-state index contributed by atoms with van der Waals surface area (Å²) >= 11 is 3.36. The van der Waals surface area contributed by atoms with E-state index < -0.39 is 0 Å². The molecule has 0 aliphatic carbocycles. The topological polar surface area (TPSA) is 62.0 Å². The number of halogens is 1. The number of benzene rings is 1. The summed E-state index contributed by atoms with van der Waals surface area (Å²) < 4.78 is 0. The van der Waals surface area contributed by atoms with Gasteiger partial charge < -0.3 is 10.3 Å². The molecule has 0 aliphatic rings. The van der Waals surface area contributed by atoms with Crippen LogP contribution in [0.4, 0.5) is 5.69 Å². The van der Waals surface area contributed by atoms with Crippen molar-refractivity contribution in [1.29, 1.82) is 0 Å². The van der Waals surface area contributed by atoms with E-state index in [1.54, 1.807) is 12.1 Å². The highest BCUT2D eigenvalue weighted by atomic mass is 79.9. The first-order chi connectivity index (χ1) is 8.70. The molecule has 0 bridgehead atoms. The van der Waals surface area contributed by atoms with E-state index in [0.717, 1.165) is 11.3 Å². The summed E-state index contributed by atoms with van der Waals surface area (Å²) in [6, 6.07) is 11.9. The molecule has 92 valence electrons. The molecule has 0 saturated heterocycles. The van der Waals surface area contributed by atoms with Gasteiger partial charge in [-0.25, -0.2) is 0 Å². The Bertz CT molecular complexity index is 622. The Morgan fingerprint density at radius 3 is 2.67 bits per heavy atom. The number of carbonyl (C=O) groups is 1. The van der Waals surface area contributed by atoms with E-state index in [1.165, 1.54) is 6.07 Å². The van der Waals surface area contributed by atoms with Gasteiger partial charge >= 0.3 is 0 Å². The van der Waals surface area contributed by atoms with Crippen molar-refractivity contribution in [3.63, 3.8) is 0 Å². The minimum absolute atomic E-state index is 0.242. The molecule has 0 unspecified atom stereocenters. The minimum atomic E-state index is -0.332. The van der Waals surface area contributed by atoms with Gasteiger partial charge in [0.1, 0.15) is 5.69 Å². The number of carbonyl (C=O) groups excluding carboxylic acids is 1. The average molecular weight is 307 g/mol. The van der Waals surface area contributed by atoms with Gasteiger partial charge in [-0.3, -0.25) is 9.59 Å². The van der Waals surface area contributed by atoms with Crippen LogP contribution in [0.2, 0.25) is 0 Å². The lowest BCUT2D eigenvalue weighted by Crippen LogP contribution is -2.18. The monoisotopic (exact) mass is 306 g/mol. The molecule has 0 radical (unpaired) electrons. The minimum Gasteiger partial charge on any atom is -0.320 e. The number of H-pyrrole nitrogens is 1. The predicted octanol–water partition coefficient (Wildman–Crippen LogP) is 2.52. The Kier molecular flexibility index (Phi) is 3.94. The summed E-state index contributed by atoms with van der Waals surface area (Å²) in [5.41, 5.74) is 1.65. The first kappa shape index (κ1) is 12.6. The first-order valence-electron chi connectivity index (χ1n) is 5.35. The van der Waals surface area contributed by atoms with Crippen molar-refractivity contribution in [2.75, 3.05) is 5.32 Å². The summed E-state index contributed by atoms with van der Waals surface area (Å²) in [5.74, 6) is -0.332. The van der Waals surface area contributed by atoms with Crippen molar-refractivity contribution in [2.45, 2.75) is 5.33 Å². The quantitative estimate of drug-likeness (QED) is 0.856. The molecule has 4 nitrogen and oxygen atoms in total. The third-order valence-corrected chi connectivity index (χ3v) is 3.03. The predicted molar refractivity (Wildman–Crippen MR) is 74.1 cm³/mol. The highest BCUT2D eigenvalue weighted by Gasteiger charge is 2.08. The van der Waals surface area contributed by atoms with Crippen molar-refractivity contribution >= 4 is 27.5 Å². The second-order valence-corrected chi connectivity index (χ2v) is 4.23. The van der Waals surface area contributed by atoms with Crippen LogP contribution in [0, 0.1) is 0 Å². The lowest BCUT2D eigenvalue weighted by atomic mass is 10.2. The number of aromatic amines is 1. The third-order valence-electron chi connectivity index (χ3n) is 2.42. The molecule has 0 fully saturated rings. The number of amides is 1. The largest absolute Gasteiger partial charge is 0.320 e. The number of pyridine rings is 1. The Hall–Kier alpha value is -1.88. The second-order valence-electron chi connectivity index (χ2n) is 3.67. The highest BCUT2D eigenvalue weighted by Crippen LogP contribution is 2.18. The molecule has 2 aromatic rings. The SMILES string of the molecule is O=C(Nc1ccccc1CBr)c1cccc(=O)[nH]1. The number of hydrogen-bond acceptors (Lipinski definition) is 2. The molecule has 0 aliphatic heterocycles. The molecule has 0 atom stereocenters. The zero-order valence-corrected chi connectivity index (χ0v) is 11.0. The Morgan fingerprint density at radius 1 is 1.17 bits per heavy atom. The van der Waals surface area contributed by atoms with Gasteiger partial charge in [0.2, 0.25) is 5.56 Å². The number of nitrogens with one attached hydrogen (secondary N) is 2. The maximum atomic E-state index is 11.9. The van der Waals surface area contributed by atoms with Gasteiger partial charge in [-0.1, -0.05) is 40.2 Å². The van der Waals surface area contributed by atoms with Crippen molar-refractivity contribution in [2.24, 2.45) is 0 Å². The molecule has 2 rings (SSSR count). The standard InChI is InChI=1S/C13H11BrN2O2/c14-8-9-4-1-2-5-10(9)16-13(18)11-6-3-7-12(17)15-11/h1-7H,8H2,(H,15,17)(H,16,18). The summed E-state index contributed by atoms with van der Waals surface area (Å²) in [4.78, 5) is 25.6. The Labute approximate surface area is 112 Å². The smallest absolute Gasteiger partial charge is 0.272 e. The lowest BCUT2D eigenvalue weighted by Gasteiger charge is -2.08.